The number of methoxy groups -OCH3 is 1. The molecule has 0 amide bonds. The third-order valence-corrected chi connectivity index (χ3v) is 4.85. The Hall–Kier alpha value is -2.57. The molecule has 0 aliphatic carbocycles. The van der Waals surface area contributed by atoms with Crippen molar-refractivity contribution in [3.8, 4) is 11.5 Å². The molecule has 144 valence electrons. The van der Waals surface area contributed by atoms with E-state index in [9.17, 15) is 15.0 Å². The summed E-state index contributed by atoms with van der Waals surface area (Å²) in [4.78, 5) is 13.3. The minimum absolute atomic E-state index is 0.336. The van der Waals surface area contributed by atoms with Crippen molar-refractivity contribution in [2.24, 2.45) is 5.92 Å². The van der Waals surface area contributed by atoms with Gasteiger partial charge in [-0.25, -0.2) is 0 Å². The summed E-state index contributed by atoms with van der Waals surface area (Å²) >= 11 is 0. The summed E-state index contributed by atoms with van der Waals surface area (Å²) < 4.78 is 11.3. The van der Waals surface area contributed by atoms with Crippen LogP contribution in [-0.2, 0) is 17.9 Å². The van der Waals surface area contributed by atoms with Crippen LogP contribution in [0.3, 0.4) is 0 Å². The van der Waals surface area contributed by atoms with Gasteiger partial charge in [0, 0.05) is 19.6 Å². The zero-order chi connectivity index (χ0) is 19.2. The van der Waals surface area contributed by atoms with Gasteiger partial charge < -0.3 is 19.7 Å². The Balaban J connectivity index is 1.68. The maximum Gasteiger partial charge on any atom is 0.310 e. The number of piperidine rings is 1. The molecule has 2 unspecified atom stereocenters. The molecule has 1 aliphatic heterocycles. The summed E-state index contributed by atoms with van der Waals surface area (Å²) in [6.07, 6.45) is -0.316. The molecule has 0 aromatic heterocycles. The van der Waals surface area contributed by atoms with Gasteiger partial charge in [0.25, 0.3) is 0 Å². The number of likely N-dealkylation sites (tertiary alicyclic amines) is 1. The lowest BCUT2D eigenvalue weighted by Gasteiger charge is -2.34. The molecule has 1 aliphatic rings. The third kappa shape index (κ3) is 4.99. The van der Waals surface area contributed by atoms with E-state index < -0.39 is 18.0 Å². The second-order valence-corrected chi connectivity index (χ2v) is 6.80. The number of benzene rings is 2. The van der Waals surface area contributed by atoms with Gasteiger partial charge >= 0.3 is 5.97 Å². The number of aliphatic carboxylic acids is 1. The average molecular weight is 371 g/mol. The van der Waals surface area contributed by atoms with E-state index >= 15 is 0 Å². The molecule has 6 heteroatoms. The van der Waals surface area contributed by atoms with Crippen molar-refractivity contribution in [1.29, 1.82) is 0 Å². The summed E-state index contributed by atoms with van der Waals surface area (Å²) in [5.74, 6) is -0.377. The number of ether oxygens (including phenoxy) is 2. The van der Waals surface area contributed by atoms with E-state index in [4.69, 9.17) is 9.47 Å². The number of aliphatic hydroxyl groups is 1. The van der Waals surface area contributed by atoms with Crippen molar-refractivity contribution in [1.82, 2.24) is 4.90 Å². The predicted octanol–water partition coefficient (Wildman–Crippen LogP) is 2.54. The van der Waals surface area contributed by atoms with Crippen LogP contribution in [-0.4, -0.2) is 47.4 Å². The Kier molecular flexibility index (Phi) is 6.32. The zero-order valence-corrected chi connectivity index (χ0v) is 15.4. The van der Waals surface area contributed by atoms with E-state index in [2.05, 4.69) is 0 Å². The van der Waals surface area contributed by atoms with Gasteiger partial charge in [-0.3, -0.25) is 9.69 Å². The Morgan fingerprint density at radius 1 is 1.15 bits per heavy atom. The summed E-state index contributed by atoms with van der Waals surface area (Å²) in [5.41, 5.74) is 2.08. The molecule has 2 N–H and O–H groups in total. The summed E-state index contributed by atoms with van der Waals surface area (Å²) in [6.45, 7) is 2.04. The lowest BCUT2D eigenvalue weighted by molar-refractivity contribution is -0.149. The number of rotatable bonds is 7. The highest BCUT2D eigenvalue weighted by Crippen LogP contribution is 2.30. The van der Waals surface area contributed by atoms with Crippen LogP contribution >= 0.6 is 0 Å². The Morgan fingerprint density at radius 3 is 2.63 bits per heavy atom. The zero-order valence-electron chi connectivity index (χ0n) is 15.4. The summed E-state index contributed by atoms with van der Waals surface area (Å²) in [6, 6.07) is 15.7. The molecule has 2 atom stereocenters. The molecule has 0 spiro atoms. The van der Waals surface area contributed by atoms with Crippen LogP contribution in [0, 0.1) is 5.92 Å². The summed E-state index contributed by atoms with van der Waals surface area (Å²) in [5, 5.41) is 19.1. The average Bonchev–Trinajstić information content (AvgIpc) is 2.68. The first kappa shape index (κ1) is 19.2. The van der Waals surface area contributed by atoms with Crippen molar-refractivity contribution in [2.75, 3.05) is 20.2 Å². The number of hydrogen-bond acceptors (Lipinski definition) is 5. The number of carboxylic acid groups (broad SMARTS) is 1. The number of hydrogen-bond donors (Lipinski definition) is 2. The maximum absolute atomic E-state index is 11.3. The molecule has 2 aromatic rings. The van der Waals surface area contributed by atoms with Crippen molar-refractivity contribution in [3.05, 3.63) is 59.7 Å². The van der Waals surface area contributed by atoms with Crippen LogP contribution in [0.4, 0.5) is 0 Å². The molecular formula is C21H25NO5. The van der Waals surface area contributed by atoms with E-state index in [1.165, 1.54) is 0 Å². The highest BCUT2D eigenvalue weighted by molar-refractivity contribution is 5.71. The number of nitrogens with zero attached hydrogens (tertiary/aromatic N) is 1. The fourth-order valence-corrected chi connectivity index (χ4v) is 3.32. The molecule has 0 saturated carbocycles. The topological polar surface area (TPSA) is 79.2 Å². The molecule has 0 bridgehead atoms. The second-order valence-electron chi connectivity index (χ2n) is 6.80. The van der Waals surface area contributed by atoms with Crippen LogP contribution in [0.5, 0.6) is 11.5 Å². The van der Waals surface area contributed by atoms with Gasteiger partial charge in [-0.1, -0.05) is 36.4 Å². The Morgan fingerprint density at radius 2 is 1.93 bits per heavy atom. The van der Waals surface area contributed by atoms with Crippen molar-refractivity contribution < 1.29 is 24.5 Å². The van der Waals surface area contributed by atoms with E-state index in [1.807, 2.05) is 53.4 Å². The van der Waals surface area contributed by atoms with Gasteiger partial charge in [0.2, 0.25) is 0 Å². The first-order valence-corrected chi connectivity index (χ1v) is 9.03. The van der Waals surface area contributed by atoms with Gasteiger partial charge in [-0.2, -0.15) is 0 Å². The molecule has 6 nitrogen and oxygen atoms in total. The van der Waals surface area contributed by atoms with Crippen molar-refractivity contribution >= 4 is 5.97 Å². The molecule has 27 heavy (non-hydrogen) atoms. The first-order chi connectivity index (χ1) is 13.1. The van der Waals surface area contributed by atoms with Gasteiger partial charge in [-0.05, 0) is 29.7 Å². The SMILES string of the molecule is COc1ccc(CN2CCC(O)C(C(=O)O)C2)cc1OCc1ccccc1. The molecule has 1 saturated heterocycles. The van der Waals surface area contributed by atoms with Crippen LogP contribution in [0.1, 0.15) is 17.5 Å². The first-order valence-electron chi connectivity index (χ1n) is 9.03. The molecule has 3 rings (SSSR count). The van der Waals surface area contributed by atoms with Crippen molar-refractivity contribution in [2.45, 2.75) is 25.7 Å². The standard InChI is InChI=1S/C21H25NO5/c1-26-19-8-7-16(11-20(19)27-14-15-5-3-2-4-6-15)12-22-10-9-18(23)17(13-22)21(24)25/h2-8,11,17-18,23H,9-10,12-14H2,1H3,(H,24,25). The minimum Gasteiger partial charge on any atom is -0.493 e. The largest absolute Gasteiger partial charge is 0.493 e. The maximum atomic E-state index is 11.3. The van der Waals surface area contributed by atoms with Crippen LogP contribution in [0.25, 0.3) is 0 Å². The Bertz CT molecular complexity index is 764. The fourth-order valence-electron chi connectivity index (χ4n) is 3.32. The van der Waals surface area contributed by atoms with Gasteiger partial charge in [0.1, 0.15) is 6.61 Å². The minimum atomic E-state index is -0.950. The highest BCUT2D eigenvalue weighted by atomic mass is 16.5. The molecule has 1 fully saturated rings. The van der Waals surface area contributed by atoms with E-state index in [0.717, 1.165) is 11.1 Å². The Labute approximate surface area is 159 Å². The van der Waals surface area contributed by atoms with Gasteiger partial charge in [-0.15, -0.1) is 0 Å². The highest BCUT2D eigenvalue weighted by Gasteiger charge is 2.33. The quantitative estimate of drug-likeness (QED) is 0.779. The van der Waals surface area contributed by atoms with Crippen molar-refractivity contribution in [3.63, 3.8) is 0 Å². The van der Waals surface area contributed by atoms with E-state index in [1.54, 1.807) is 7.11 Å². The van der Waals surface area contributed by atoms with Crippen LogP contribution in [0.2, 0.25) is 0 Å². The van der Waals surface area contributed by atoms with Gasteiger partial charge in [0.05, 0.1) is 19.1 Å². The summed E-state index contributed by atoms with van der Waals surface area (Å²) in [7, 11) is 1.61. The van der Waals surface area contributed by atoms with Crippen LogP contribution < -0.4 is 9.47 Å². The normalized spacial score (nSPS) is 20.2. The second kappa shape index (κ2) is 8.88. The number of carboxylic acids is 1. The van der Waals surface area contributed by atoms with Gasteiger partial charge in [0.15, 0.2) is 11.5 Å². The van der Waals surface area contributed by atoms with E-state index in [0.29, 0.717) is 44.2 Å². The lowest BCUT2D eigenvalue weighted by atomic mass is 9.94. The molecule has 2 aromatic carbocycles. The van der Waals surface area contributed by atoms with E-state index in [-0.39, 0.29) is 0 Å². The molecule has 1 heterocycles. The molecule has 0 radical (unpaired) electrons. The predicted molar refractivity (Wildman–Crippen MR) is 101 cm³/mol. The van der Waals surface area contributed by atoms with Crippen LogP contribution in [0.15, 0.2) is 48.5 Å². The monoisotopic (exact) mass is 371 g/mol. The molecular weight excluding hydrogens is 346 g/mol. The number of carbonyl (C=O) groups is 1. The fraction of sp³-hybridized carbons (Fsp3) is 0.381. The lowest BCUT2D eigenvalue weighted by Crippen LogP contribution is -2.46. The third-order valence-electron chi connectivity index (χ3n) is 4.85. The number of aliphatic hydroxyl groups excluding tert-OH is 1. The smallest absolute Gasteiger partial charge is 0.310 e.